The van der Waals surface area contributed by atoms with Crippen LogP contribution < -0.4 is 5.31 Å². The average molecular weight is 90.1 g/mol. The monoisotopic (exact) mass is 90.1 g/mol. The van der Waals surface area contributed by atoms with Gasteiger partial charge in [0.1, 0.15) is 7.58 Å². The van der Waals surface area contributed by atoms with Gasteiger partial charge < -0.3 is 5.31 Å². The Morgan fingerprint density at radius 1 is 2.00 bits per heavy atom. The lowest BCUT2D eigenvalue weighted by Crippen LogP contribution is -2.08. The SMILES string of the molecule is [2H]N1CC[C@@H](F)C1. The molecule has 2 heteroatoms. The molecule has 0 aromatic rings. The molecule has 0 unspecified atom stereocenters. The van der Waals surface area contributed by atoms with Gasteiger partial charge in [0.25, 0.3) is 0 Å². The lowest BCUT2D eigenvalue weighted by molar-refractivity contribution is 0.361. The Balaban J connectivity index is 2.26. The Hall–Kier alpha value is -0.110. The van der Waals surface area contributed by atoms with E-state index < -0.39 is 6.17 Å². The van der Waals surface area contributed by atoms with Gasteiger partial charge in [-0.3, -0.25) is 0 Å². The molecule has 1 aliphatic heterocycles. The van der Waals surface area contributed by atoms with Gasteiger partial charge >= 0.3 is 0 Å². The first-order valence-corrected chi connectivity index (χ1v) is 2.17. The molecule has 1 rings (SSSR count). The van der Waals surface area contributed by atoms with E-state index in [1.54, 1.807) is 0 Å². The number of alkyl halides is 1. The van der Waals surface area contributed by atoms with Gasteiger partial charge in [0, 0.05) is 6.54 Å². The normalized spacial score (nSPS) is 40.2. The molecular weight excluding hydrogens is 81.0 g/mol. The summed E-state index contributed by atoms with van der Waals surface area (Å²) in [5.74, 6) is 0. The molecule has 1 nitrogen and oxygen atoms in total. The minimum atomic E-state index is -0.738. The third-order valence-corrected chi connectivity index (χ3v) is 0.928. The molecular formula is C4H8FN. The van der Waals surface area contributed by atoms with Gasteiger partial charge in [-0.1, -0.05) is 0 Å². The largest absolute Gasteiger partial charge is 0.314 e. The second-order valence-electron chi connectivity index (χ2n) is 1.52. The highest BCUT2D eigenvalue weighted by Crippen LogP contribution is 1.99. The summed E-state index contributed by atoms with van der Waals surface area (Å²) in [5, 5.41) is 1.25. The molecule has 6 heavy (non-hydrogen) atoms. The van der Waals surface area contributed by atoms with E-state index in [1.807, 2.05) is 0 Å². The van der Waals surface area contributed by atoms with Gasteiger partial charge in [0.05, 0.1) is 0 Å². The van der Waals surface area contributed by atoms with Gasteiger partial charge in [-0.05, 0) is 13.0 Å². The fourth-order valence-electron chi connectivity index (χ4n) is 0.554. The average Bonchev–Trinajstić information content (AvgIpc) is 1.87. The Kier molecular flexibility index (Phi) is 0.771. The van der Waals surface area contributed by atoms with Crippen LogP contribution in [0.4, 0.5) is 4.39 Å². The fraction of sp³-hybridized carbons (Fsp3) is 1.00. The molecule has 0 amide bonds. The number of rotatable bonds is 0. The molecule has 0 aromatic heterocycles. The van der Waals surface area contributed by atoms with E-state index in [9.17, 15) is 4.39 Å². The smallest absolute Gasteiger partial charge is 0.122 e. The van der Waals surface area contributed by atoms with E-state index in [0.717, 1.165) is 0 Å². The van der Waals surface area contributed by atoms with Crippen molar-refractivity contribution in [2.45, 2.75) is 12.6 Å². The zero-order valence-corrected chi connectivity index (χ0v) is 3.52. The predicted octanol–water partition coefficient (Wildman–Crippen LogP) is 0.318. The van der Waals surface area contributed by atoms with Crippen LogP contribution in [0.5, 0.6) is 0 Å². The van der Waals surface area contributed by atoms with Gasteiger partial charge in [-0.2, -0.15) is 0 Å². The van der Waals surface area contributed by atoms with Crippen molar-refractivity contribution in [3.8, 4) is 0 Å². The first-order chi connectivity index (χ1) is 3.29. The van der Waals surface area contributed by atoms with Crippen LogP contribution in [0, 0.1) is 0 Å². The summed E-state index contributed by atoms with van der Waals surface area (Å²) < 4.78 is 18.9. The molecule has 0 aromatic carbocycles. The molecule has 1 N–H and O–H groups in total. The molecule has 0 radical (unpaired) electrons. The zero-order valence-electron chi connectivity index (χ0n) is 4.52. The topological polar surface area (TPSA) is 12.0 Å². The molecule has 0 aliphatic carbocycles. The predicted molar refractivity (Wildman–Crippen MR) is 22.4 cm³/mol. The van der Waals surface area contributed by atoms with Crippen LogP contribution in [0.3, 0.4) is 0 Å². The van der Waals surface area contributed by atoms with Gasteiger partial charge in [0.15, 0.2) is 0 Å². The Morgan fingerprint density at radius 3 is 3.00 bits per heavy atom. The number of hydrogen-bond donors (Lipinski definition) is 1. The highest BCUT2D eigenvalue weighted by molar-refractivity contribution is 4.68. The highest BCUT2D eigenvalue weighted by atomic mass is 19.1. The van der Waals surface area contributed by atoms with Crippen molar-refractivity contribution in [3.05, 3.63) is 0 Å². The maximum atomic E-state index is 12.0. The van der Waals surface area contributed by atoms with E-state index in [-0.39, 0.29) is 0 Å². The van der Waals surface area contributed by atoms with Gasteiger partial charge in [-0.25, -0.2) is 4.39 Å². The van der Waals surface area contributed by atoms with Crippen LogP contribution >= 0.6 is 0 Å². The standard InChI is InChI=1S/C4H8FN/c5-4-1-2-6-3-4/h4,6H,1-3H2/t4-/m1/s1/i/hD. The number of halogens is 1. The van der Waals surface area contributed by atoms with Crippen molar-refractivity contribution in [1.29, 1.82) is 0 Å². The molecule has 1 aliphatic rings. The molecule has 0 bridgehead atoms. The van der Waals surface area contributed by atoms with Crippen molar-refractivity contribution in [2.24, 2.45) is 0 Å². The van der Waals surface area contributed by atoms with Crippen molar-refractivity contribution in [3.63, 3.8) is 0 Å². The van der Waals surface area contributed by atoms with Crippen LogP contribution in [0.1, 0.15) is 6.42 Å². The summed E-state index contributed by atoms with van der Waals surface area (Å²) >= 11 is 0. The molecule has 36 valence electrons. The third kappa shape index (κ3) is 0.684. The quantitative estimate of drug-likeness (QED) is 0.451. The first kappa shape index (κ1) is 2.97. The Bertz CT molecular complexity index is 60.7. The summed E-state index contributed by atoms with van der Waals surface area (Å²) in [5.41, 5.74) is 0. The molecule has 1 atom stereocenters. The van der Waals surface area contributed by atoms with E-state index in [4.69, 9.17) is 1.41 Å². The van der Waals surface area contributed by atoms with Crippen molar-refractivity contribution in [1.82, 2.24) is 5.31 Å². The molecule has 1 heterocycles. The lowest BCUT2D eigenvalue weighted by atomic mass is 10.4. The zero-order chi connectivity index (χ0) is 5.28. The van der Waals surface area contributed by atoms with Crippen LogP contribution in [0.15, 0.2) is 0 Å². The van der Waals surface area contributed by atoms with Crippen LogP contribution in [-0.2, 0) is 0 Å². The van der Waals surface area contributed by atoms with Crippen molar-refractivity contribution >= 4 is 0 Å². The third-order valence-electron chi connectivity index (χ3n) is 0.928. The number of hydrogen-bond acceptors (Lipinski definition) is 1. The van der Waals surface area contributed by atoms with E-state index >= 15 is 0 Å². The highest BCUT2D eigenvalue weighted by Gasteiger charge is 2.10. The minimum Gasteiger partial charge on any atom is -0.314 e. The minimum absolute atomic E-state index is 0.306. The Morgan fingerprint density at radius 2 is 2.83 bits per heavy atom. The molecule has 0 saturated carbocycles. The molecule has 1 saturated heterocycles. The maximum absolute atomic E-state index is 12.0. The second-order valence-corrected chi connectivity index (χ2v) is 1.52. The van der Waals surface area contributed by atoms with Gasteiger partial charge in [-0.15, -0.1) is 0 Å². The van der Waals surface area contributed by atoms with E-state index in [1.165, 1.54) is 5.31 Å². The van der Waals surface area contributed by atoms with Crippen molar-refractivity contribution in [2.75, 3.05) is 13.1 Å². The lowest BCUT2D eigenvalue weighted by Gasteiger charge is -1.86. The maximum Gasteiger partial charge on any atom is 0.122 e. The number of nitrogens with one attached hydrogen (secondary N) is 1. The van der Waals surface area contributed by atoms with Crippen molar-refractivity contribution < 1.29 is 5.80 Å². The summed E-state index contributed by atoms with van der Waals surface area (Å²) in [6.07, 6.45) is -0.193. The summed E-state index contributed by atoms with van der Waals surface area (Å²) in [4.78, 5) is 0. The van der Waals surface area contributed by atoms with Crippen LogP contribution in [-0.4, -0.2) is 19.3 Å². The summed E-state index contributed by atoms with van der Waals surface area (Å²) in [7, 11) is 0. The van der Waals surface area contributed by atoms with E-state index in [2.05, 4.69) is 0 Å². The Labute approximate surface area is 38.0 Å². The van der Waals surface area contributed by atoms with Crippen LogP contribution in [0.25, 0.3) is 0 Å². The molecule has 1 fully saturated rings. The fourth-order valence-corrected chi connectivity index (χ4v) is 0.554. The summed E-state index contributed by atoms with van der Waals surface area (Å²) in [6.45, 7) is 0.904. The van der Waals surface area contributed by atoms with E-state index in [0.29, 0.717) is 19.5 Å². The molecule has 0 spiro atoms. The summed E-state index contributed by atoms with van der Waals surface area (Å²) in [6, 6.07) is 0. The van der Waals surface area contributed by atoms with Crippen LogP contribution in [0.2, 0.25) is 1.41 Å². The first-order valence-electron chi connectivity index (χ1n) is 2.61. The second kappa shape index (κ2) is 1.56. The van der Waals surface area contributed by atoms with Gasteiger partial charge in [0.2, 0.25) is 0 Å².